The van der Waals surface area contributed by atoms with Gasteiger partial charge in [0.15, 0.2) is 0 Å². The first-order chi connectivity index (χ1) is 22.6. The summed E-state index contributed by atoms with van der Waals surface area (Å²) >= 11 is 2.42. The third-order valence-electron chi connectivity index (χ3n) is 9.70. The summed E-state index contributed by atoms with van der Waals surface area (Å²) in [5.41, 5.74) is 10.3. The number of aryl methyl sites for hydroxylation is 1. The molecule has 1 aliphatic heterocycles. The second-order valence-corrected chi connectivity index (χ2v) is 16.5. The number of pyridine rings is 1. The van der Waals surface area contributed by atoms with E-state index in [1.165, 1.54) is 27.8 Å². The van der Waals surface area contributed by atoms with Crippen LogP contribution in [0.3, 0.4) is 0 Å². The number of hydrogen-bond acceptors (Lipinski definition) is 3. The summed E-state index contributed by atoms with van der Waals surface area (Å²) in [6, 6.07) is 34.8. The molecule has 0 fully saturated rings. The Morgan fingerprint density at radius 1 is 0.667 bits per heavy atom. The van der Waals surface area contributed by atoms with Crippen LogP contribution in [-0.2, 0) is 42.6 Å². The third-order valence-corrected chi connectivity index (χ3v) is 11.0. The molecule has 0 aliphatic carbocycles. The zero-order chi connectivity index (χ0) is 34.2. The predicted octanol–water partition coefficient (Wildman–Crippen LogP) is 10.9. The number of hydrogen-bond donors (Lipinski definition) is 0. The fourth-order valence-electron chi connectivity index (χ4n) is 6.86. The number of fused-ring (bicyclic) bond motifs is 3. The zero-order valence-electron chi connectivity index (χ0n) is 29.3. The molecule has 0 saturated carbocycles. The fraction of sp³-hybridized carbons (Fsp3) is 0.286. The van der Waals surface area contributed by atoms with Crippen LogP contribution in [0.5, 0.6) is 11.5 Å². The molecule has 4 aromatic carbocycles. The van der Waals surface area contributed by atoms with Crippen LogP contribution in [0.15, 0.2) is 103 Å². The Morgan fingerprint density at radius 3 is 2.06 bits per heavy atom. The van der Waals surface area contributed by atoms with Crippen LogP contribution in [-0.4, -0.2) is 14.1 Å². The van der Waals surface area contributed by atoms with Gasteiger partial charge in [0, 0.05) is 6.20 Å². The van der Waals surface area contributed by atoms with Crippen LogP contribution in [0.4, 0.5) is 17.2 Å². The summed E-state index contributed by atoms with van der Waals surface area (Å²) in [5, 5.41) is 0. The summed E-state index contributed by atoms with van der Waals surface area (Å²) in [7, 11) is 2.12. The van der Waals surface area contributed by atoms with Crippen molar-refractivity contribution in [3.8, 4) is 17.2 Å². The number of benzene rings is 4. The Bertz CT molecular complexity index is 2260. The second kappa shape index (κ2) is 11.4. The molecule has 248 valence electrons. The summed E-state index contributed by atoms with van der Waals surface area (Å²) in [6.07, 6.45) is 1.93. The Balaban J connectivity index is 1.38. The molecule has 0 N–H and O–H groups in total. The molecular formula is C42H44N4OPt. The van der Waals surface area contributed by atoms with Gasteiger partial charge >= 0.3 is 234 Å². The summed E-state index contributed by atoms with van der Waals surface area (Å²) in [5.74, 6) is 2.50. The molecular weight excluding hydrogens is 772 g/mol. The van der Waals surface area contributed by atoms with E-state index in [0.29, 0.717) is 0 Å². The van der Waals surface area contributed by atoms with Crippen molar-refractivity contribution in [2.24, 2.45) is 7.05 Å². The number of para-hydroxylation sites is 3. The SMILES string of the molecule is Cn1[c](=[Pt])n(-c2cc(Oc3ccc4c(c3)N(c3cc(C(C)(C)C)ccn3)c3ccccc3C4(C)C)cc(C(C)(C)C)c2)c2ccccc21. The van der Waals surface area contributed by atoms with Crippen molar-refractivity contribution in [3.05, 3.63) is 129 Å². The molecule has 0 amide bonds. The first kappa shape index (κ1) is 32.3. The summed E-state index contributed by atoms with van der Waals surface area (Å²) < 4.78 is 12.5. The minimum absolute atomic E-state index is 0.00419. The monoisotopic (exact) mass is 815 g/mol. The Morgan fingerprint density at radius 2 is 1.33 bits per heavy atom. The molecule has 0 radical (unpaired) electrons. The van der Waals surface area contributed by atoms with Gasteiger partial charge in [0.2, 0.25) is 0 Å². The van der Waals surface area contributed by atoms with E-state index in [0.717, 1.165) is 43.7 Å². The number of imidazole rings is 1. The van der Waals surface area contributed by atoms with E-state index in [2.05, 4.69) is 193 Å². The van der Waals surface area contributed by atoms with Gasteiger partial charge in [-0.3, -0.25) is 0 Å². The Hall–Kier alpha value is -4.21. The zero-order valence-corrected chi connectivity index (χ0v) is 31.6. The molecule has 7 rings (SSSR count). The van der Waals surface area contributed by atoms with Crippen LogP contribution >= 0.6 is 0 Å². The molecule has 2 aromatic heterocycles. The average molecular weight is 816 g/mol. The molecule has 0 unspecified atom stereocenters. The first-order valence-corrected chi connectivity index (χ1v) is 17.7. The van der Waals surface area contributed by atoms with E-state index < -0.39 is 0 Å². The van der Waals surface area contributed by atoms with Crippen LogP contribution in [0.2, 0.25) is 0 Å². The van der Waals surface area contributed by atoms with Gasteiger partial charge in [0.25, 0.3) is 0 Å². The maximum atomic E-state index is 6.85. The van der Waals surface area contributed by atoms with Crippen molar-refractivity contribution in [1.82, 2.24) is 14.1 Å². The Kier molecular flexibility index (Phi) is 7.71. The van der Waals surface area contributed by atoms with Gasteiger partial charge in [-0.15, -0.1) is 0 Å². The molecule has 6 heteroatoms. The van der Waals surface area contributed by atoms with Gasteiger partial charge in [-0.25, -0.2) is 0 Å². The maximum absolute atomic E-state index is 6.85. The predicted molar refractivity (Wildman–Crippen MR) is 194 cm³/mol. The van der Waals surface area contributed by atoms with E-state index >= 15 is 0 Å². The van der Waals surface area contributed by atoms with Crippen molar-refractivity contribution < 1.29 is 24.1 Å². The molecule has 0 saturated heterocycles. The van der Waals surface area contributed by atoms with Gasteiger partial charge in [-0.1, -0.05) is 39.0 Å². The van der Waals surface area contributed by atoms with E-state index in [-0.39, 0.29) is 16.2 Å². The van der Waals surface area contributed by atoms with E-state index in [4.69, 9.17) is 9.72 Å². The van der Waals surface area contributed by atoms with Crippen molar-refractivity contribution in [2.75, 3.05) is 4.90 Å². The van der Waals surface area contributed by atoms with Crippen LogP contribution < -0.4 is 9.64 Å². The fourth-order valence-corrected chi connectivity index (χ4v) is 7.70. The number of ether oxygens (including phenoxy) is 1. The number of aromatic nitrogens is 3. The molecule has 0 spiro atoms. The quantitative estimate of drug-likeness (QED) is 0.178. The number of rotatable bonds is 4. The average Bonchev–Trinajstić information content (AvgIpc) is 3.29. The Labute approximate surface area is 295 Å². The van der Waals surface area contributed by atoms with Gasteiger partial charge in [0.05, 0.1) is 0 Å². The molecule has 0 atom stereocenters. The normalized spacial score (nSPS) is 14.2. The van der Waals surface area contributed by atoms with E-state index in [1.807, 2.05) is 6.20 Å². The number of anilines is 3. The van der Waals surface area contributed by atoms with Gasteiger partial charge < -0.3 is 0 Å². The molecule has 0 bridgehead atoms. The van der Waals surface area contributed by atoms with Gasteiger partial charge in [0.1, 0.15) is 0 Å². The molecule has 5 nitrogen and oxygen atoms in total. The van der Waals surface area contributed by atoms with Crippen LogP contribution in [0.25, 0.3) is 16.7 Å². The van der Waals surface area contributed by atoms with E-state index in [9.17, 15) is 0 Å². The van der Waals surface area contributed by atoms with Crippen LogP contribution in [0.1, 0.15) is 77.6 Å². The molecule has 3 heterocycles. The van der Waals surface area contributed by atoms with E-state index in [1.54, 1.807) is 0 Å². The summed E-state index contributed by atoms with van der Waals surface area (Å²) in [6.45, 7) is 18.1. The third kappa shape index (κ3) is 5.47. The van der Waals surface area contributed by atoms with Crippen molar-refractivity contribution in [2.45, 2.75) is 71.6 Å². The second-order valence-electron chi connectivity index (χ2n) is 15.5. The molecule has 48 heavy (non-hydrogen) atoms. The van der Waals surface area contributed by atoms with Gasteiger partial charge in [-0.05, 0) is 17.0 Å². The minimum atomic E-state index is -0.205. The van der Waals surface area contributed by atoms with Crippen molar-refractivity contribution in [3.63, 3.8) is 0 Å². The van der Waals surface area contributed by atoms with Crippen molar-refractivity contribution in [1.29, 1.82) is 0 Å². The molecule has 6 aromatic rings. The van der Waals surface area contributed by atoms with Crippen LogP contribution in [0, 0.1) is 3.80 Å². The summed E-state index contributed by atoms with van der Waals surface area (Å²) in [4.78, 5) is 7.24. The number of nitrogens with zero attached hydrogens (tertiary/aromatic N) is 4. The first-order valence-electron chi connectivity index (χ1n) is 16.6. The topological polar surface area (TPSA) is 35.2 Å². The van der Waals surface area contributed by atoms with Gasteiger partial charge in [-0.2, -0.15) is 0 Å². The van der Waals surface area contributed by atoms with Crippen molar-refractivity contribution >= 4 is 28.2 Å². The standard InChI is InChI=1S/C42H44N4O.Pt/c1-40(2,3)28-20-21-43-39(24-28)46-35-15-11-10-14-33(35)42(7,8)34-19-18-31(26-38(34)46)47-32-23-29(41(4,5)6)22-30(25-32)45-27-44(9)36-16-12-13-17-37(36)45;/h10-26H,1-9H3;. The molecule has 1 aliphatic rings.